The zero-order valence-electron chi connectivity index (χ0n) is 10.5. The van der Waals surface area contributed by atoms with Gasteiger partial charge in [-0.25, -0.2) is 0 Å². The molecule has 0 aromatic carbocycles. The van der Waals surface area contributed by atoms with Gasteiger partial charge in [0.05, 0.1) is 4.88 Å². The van der Waals surface area contributed by atoms with E-state index in [1.165, 1.54) is 17.7 Å². The Bertz CT molecular complexity index is 434. The average Bonchev–Trinajstić information content (AvgIpc) is 2.84. The number of hydrogen-bond acceptors (Lipinski definition) is 3. The van der Waals surface area contributed by atoms with Gasteiger partial charge in [0.15, 0.2) is 0 Å². The van der Waals surface area contributed by atoms with Gasteiger partial charge >= 0.3 is 0 Å². The Morgan fingerprint density at radius 2 is 2.11 bits per heavy atom. The highest BCUT2D eigenvalue weighted by atomic mass is 35.5. The Morgan fingerprint density at radius 1 is 1.33 bits per heavy atom. The quantitative estimate of drug-likeness (QED) is 0.860. The third-order valence-corrected chi connectivity index (χ3v) is 4.75. The van der Waals surface area contributed by atoms with E-state index in [0.717, 1.165) is 24.4 Å². The largest absolute Gasteiger partial charge is 0.336 e. The number of hydrogen-bond donors (Lipinski definition) is 1. The first-order chi connectivity index (χ1) is 8.22. The third-order valence-electron chi connectivity index (χ3n) is 3.76. The maximum absolute atomic E-state index is 12.4. The second kappa shape index (κ2) is 5.59. The molecule has 2 atom stereocenters. The predicted molar refractivity (Wildman–Crippen MR) is 76.8 cm³/mol. The first kappa shape index (κ1) is 13.8. The van der Waals surface area contributed by atoms with Crippen LogP contribution in [0.15, 0.2) is 12.1 Å². The molecule has 3 nitrogen and oxygen atoms in total. The minimum atomic E-state index is 0. The molecule has 5 heteroatoms. The third kappa shape index (κ3) is 2.71. The molecule has 2 aliphatic heterocycles. The summed E-state index contributed by atoms with van der Waals surface area (Å²) in [7, 11) is 0. The van der Waals surface area contributed by atoms with E-state index >= 15 is 0 Å². The number of nitrogens with zero attached hydrogens (tertiary/aromatic N) is 1. The van der Waals surface area contributed by atoms with E-state index < -0.39 is 0 Å². The highest BCUT2D eigenvalue weighted by Crippen LogP contribution is 2.23. The van der Waals surface area contributed by atoms with Gasteiger partial charge in [0.25, 0.3) is 5.91 Å². The monoisotopic (exact) mass is 286 g/mol. The Balaban J connectivity index is 0.00000120. The lowest BCUT2D eigenvalue weighted by atomic mass is 10.1. The van der Waals surface area contributed by atoms with Crippen LogP contribution in [-0.4, -0.2) is 36.0 Å². The van der Waals surface area contributed by atoms with Crippen molar-refractivity contribution in [1.29, 1.82) is 0 Å². The van der Waals surface area contributed by atoms with Gasteiger partial charge in [-0.05, 0) is 38.3 Å². The number of fused-ring (bicyclic) bond motifs is 2. The van der Waals surface area contributed by atoms with Crippen LogP contribution in [0.4, 0.5) is 0 Å². The number of carbonyl (C=O) groups excluding carboxylic acids is 1. The highest BCUT2D eigenvalue weighted by molar-refractivity contribution is 7.13. The molecule has 2 fully saturated rings. The molecule has 1 N–H and O–H groups in total. The van der Waals surface area contributed by atoms with Gasteiger partial charge in [0.1, 0.15) is 0 Å². The molecule has 0 radical (unpaired) electrons. The van der Waals surface area contributed by atoms with Crippen molar-refractivity contribution in [3.63, 3.8) is 0 Å². The average molecular weight is 287 g/mol. The number of rotatable bonds is 1. The zero-order chi connectivity index (χ0) is 11.8. The van der Waals surface area contributed by atoms with Gasteiger partial charge in [0, 0.05) is 30.1 Å². The first-order valence-electron chi connectivity index (χ1n) is 6.34. The van der Waals surface area contributed by atoms with Gasteiger partial charge in [0.2, 0.25) is 0 Å². The minimum Gasteiger partial charge on any atom is -0.336 e. The normalized spacial score (nSPS) is 26.6. The zero-order valence-corrected chi connectivity index (χ0v) is 12.1. The summed E-state index contributed by atoms with van der Waals surface area (Å²) in [6.07, 6.45) is 3.61. The van der Waals surface area contributed by atoms with Crippen LogP contribution in [0, 0.1) is 6.92 Å². The number of thiophene rings is 1. The van der Waals surface area contributed by atoms with Crippen LogP contribution in [0.1, 0.15) is 33.8 Å². The van der Waals surface area contributed by atoms with Crippen LogP contribution < -0.4 is 5.32 Å². The van der Waals surface area contributed by atoms with Gasteiger partial charge < -0.3 is 10.2 Å². The Labute approximate surface area is 118 Å². The fraction of sp³-hybridized carbons (Fsp3) is 0.615. The second-order valence-electron chi connectivity index (χ2n) is 5.09. The molecule has 0 saturated carbocycles. The molecular weight excluding hydrogens is 268 g/mol. The van der Waals surface area contributed by atoms with Gasteiger partial charge in [-0.1, -0.05) is 0 Å². The molecule has 1 amide bonds. The molecule has 2 unspecified atom stereocenters. The number of nitrogens with one attached hydrogen (secondary N) is 1. The molecule has 3 rings (SSSR count). The Hall–Kier alpha value is -0.580. The summed E-state index contributed by atoms with van der Waals surface area (Å²) in [5.74, 6) is 0.220. The van der Waals surface area contributed by atoms with Crippen LogP contribution in [0.3, 0.4) is 0 Å². The summed E-state index contributed by atoms with van der Waals surface area (Å²) in [4.78, 5) is 16.5. The summed E-state index contributed by atoms with van der Waals surface area (Å²) in [5, 5.41) is 3.60. The lowest BCUT2D eigenvalue weighted by Gasteiger charge is -2.23. The van der Waals surface area contributed by atoms with Crippen LogP contribution in [0.25, 0.3) is 0 Å². The van der Waals surface area contributed by atoms with Crippen LogP contribution in [0.2, 0.25) is 0 Å². The summed E-state index contributed by atoms with van der Waals surface area (Å²) in [5.41, 5.74) is 0. The fourth-order valence-corrected chi connectivity index (χ4v) is 3.67. The highest BCUT2D eigenvalue weighted by Gasteiger charge is 2.31. The van der Waals surface area contributed by atoms with Crippen molar-refractivity contribution in [2.45, 2.75) is 38.3 Å². The smallest absolute Gasteiger partial charge is 0.263 e. The van der Waals surface area contributed by atoms with Crippen molar-refractivity contribution < 1.29 is 4.79 Å². The van der Waals surface area contributed by atoms with Crippen molar-refractivity contribution >= 4 is 29.7 Å². The molecule has 2 aliphatic rings. The SMILES string of the molecule is Cc1ccc(C(=O)N2CCC3CCC(C2)N3)s1.Cl. The number of likely N-dealkylation sites (tertiary alicyclic amines) is 1. The van der Waals surface area contributed by atoms with E-state index in [1.54, 1.807) is 11.3 Å². The molecule has 0 aliphatic carbocycles. The Morgan fingerprint density at radius 3 is 2.83 bits per heavy atom. The van der Waals surface area contributed by atoms with E-state index in [0.29, 0.717) is 12.1 Å². The number of halogens is 1. The summed E-state index contributed by atoms with van der Waals surface area (Å²) in [6.45, 7) is 3.84. The number of carbonyl (C=O) groups is 1. The van der Waals surface area contributed by atoms with Crippen LogP contribution in [-0.2, 0) is 0 Å². The van der Waals surface area contributed by atoms with Gasteiger partial charge in [-0.2, -0.15) is 0 Å². The van der Waals surface area contributed by atoms with Crippen molar-refractivity contribution in [3.8, 4) is 0 Å². The summed E-state index contributed by atoms with van der Waals surface area (Å²) in [6, 6.07) is 5.15. The van der Waals surface area contributed by atoms with Gasteiger partial charge in [-0.15, -0.1) is 23.7 Å². The molecule has 2 saturated heterocycles. The second-order valence-corrected chi connectivity index (χ2v) is 6.38. The van der Waals surface area contributed by atoms with Crippen LogP contribution in [0.5, 0.6) is 0 Å². The molecule has 2 bridgehead atoms. The summed E-state index contributed by atoms with van der Waals surface area (Å²) < 4.78 is 0. The lowest BCUT2D eigenvalue weighted by Crippen LogP contribution is -2.38. The molecule has 3 heterocycles. The van der Waals surface area contributed by atoms with E-state index in [9.17, 15) is 4.79 Å². The maximum Gasteiger partial charge on any atom is 0.263 e. The lowest BCUT2D eigenvalue weighted by molar-refractivity contribution is 0.0753. The number of aryl methyl sites for hydroxylation is 1. The molecule has 18 heavy (non-hydrogen) atoms. The van der Waals surface area contributed by atoms with Gasteiger partial charge in [-0.3, -0.25) is 4.79 Å². The standard InChI is InChI=1S/C13H18N2OS.ClH/c1-9-2-5-12(17-9)13(16)15-7-6-10-3-4-11(8-15)14-10;/h2,5,10-11,14H,3-4,6-8H2,1H3;1H. The van der Waals surface area contributed by atoms with Crippen LogP contribution >= 0.6 is 23.7 Å². The van der Waals surface area contributed by atoms with E-state index in [1.807, 2.05) is 24.0 Å². The van der Waals surface area contributed by atoms with E-state index in [2.05, 4.69) is 5.32 Å². The molecule has 100 valence electrons. The topological polar surface area (TPSA) is 32.3 Å². The minimum absolute atomic E-state index is 0. The van der Waals surface area contributed by atoms with Crippen molar-refractivity contribution in [3.05, 3.63) is 21.9 Å². The van der Waals surface area contributed by atoms with E-state index in [4.69, 9.17) is 0 Å². The first-order valence-corrected chi connectivity index (χ1v) is 7.16. The van der Waals surface area contributed by atoms with E-state index in [-0.39, 0.29) is 18.3 Å². The molecular formula is C13H19ClN2OS. The molecule has 0 spiro atoms. The van der Waals surface area contributed by atoms with Crippen molar-refractivity contribution in [2.24, 2.45) is 0 Å². The van der Waals surface area contributed by atoms with Crippen molar-refractivity contribution in [2.75, 3.05) is 13.1 Å². The van der Waals surface area contributed by atoms with Crippen molar-refractivity contribution in [1.82, 2.24) is 10.2 Å². The predicted octanol–water partition coefficient (Wildman–Crippen LogP) is 2.44. The molecule has 1 aromatic rings. The Kier molecular flexibility index (Phi) is 4.30. The number of amides is 1. The fourth-order valence-electron chi connectivity index (χ4n) is 2.83. The summed E-state index contributed by atoms with van der Waals surface area (Å²) >= 11 is 1.60. The molecule has 1 aromatic heterocycles. The maximum atomic E-state index is 12.4.